The predicted octanol–water partition coefficient (Wildman–Crippen LogP) is 2.10. The van der Waals surface area contributed by atoms with Gasteiger partial charge in [-0.05, 0) is 12.8 Å². The third-order valence-corrected chi connectivity index (χ3v) is 1.96. The summed E-state index contributed by atoms with van der Waals surface area (Å²) in [5, 5.41) is 11.1. The fourth-order valence-electron chi connectivity index (χ4n) is 0.538. The van der Waals surface area contributed by atoms with Crippen LogP contribution in [-0.4, -0.2) is 16.3 Å². The van der Waals surface area contributed by atoms with Gasteiger partial charge in [0.05, 0.1) is 11.1 Å². The van der Waals surface area contributed by atoms with Gasteiger partial charge in [-0.1, -0.05) is 19.0 Å². The second-order valence-corrected chi connectivity index (χ2v) is 2.86. The molecule has 2 nitrogen and oxygen atoms in total. The lowest BCUT2D eigenvalue weighted by Crippen LogP contribution is -2.17. The van der Waals surface area contributed by atoms with Gasteiger partial charge in [0.1, 0.15) is 0 Å². The highest BCUT2D eigenvalue weighted by atomic mass is 35.5. The van der Waals surface area contributed by atoms with Crippen LogP contribution < -0.4 is 0 Å². The van der Waals surface area contributed by atoms with E-state index in [1.54, 1.807) is 6.92 Å². The van der Waals surface area contributed by atoms with Crippen LogP contribution in [0.4, 0.5) is 0 Å². The number of hydrogen-bond donors (Lipinski definition) is 1. The Kier molecular flexibility index (Phi) is 3.62. The minimum atomic E-state index is -0.144. The first-order valence-electron chi connectivity index (χ1n) is 2.92. The number of oxime groups is 1. The normalized spacial score (nSPS) is 16.3. The Labute approximate surface area is 60.5 Å². The summed E-state index contributed by atoms with van der Waals surface area (Å²) in [6.07, 6.45) is 0. The molecule has 9 heavy (non-hydrogen) atoms. The largest absolute Gasteiger partial charge is 0.411 e. The van der Waals surface area contributed by atoms with Gasteiger partial charge >= 0.3 is 0 Å². The fourth-order valence-corrected chi connectivity index (χ4v) is 0.581. The summed E-state index contributed by atoms with van der Waals surface area (Å²) >= 11 is 5.78. The average Bonchev–Trinajstić information content (AvgIpc) is 1.84. The van der Waals surface area contributed by atoms with E-state index in [0.29, 0.717) is 11.6 Å². The molecule has 54 valence electrons. The smallest absolute Gasteiger partial charge is 0.0771 e. The lowest BCUT2D eigenvalue weighted by Gasteiger charge is -2.10. The lowest BCUT2D eigenvalue weighted by molar-refractivity contribution is 0.316. The Bertz CT molecular complexity index is 112. The summed E-state index contributed by atoms with van der Waals surface area (Å²) in [5.74, 6) is 0.322. The molecular weight excluding hydrogens is 138 g/mol. The van der Waals surface area contributed by atoms with E-state index < -0.39 is 0 Å². The number of hydrogen-bond acceptors (Lipinski definition) is 2. The second kappa shape index (κ2) is 3.72. The minimum Gasteiger partial charge on any atom is -0.411 e. The molecule has 1 atom stereocenters. The molecule has 0 aromatic carbocycles. The van der Waals surface area contributed by atoms with Crippen molar-refractivity contribution in [1.82, 2.24) is 0 Å². The van der Waals surface area contributed by atoms with Gasteiger partial charge in [0.2, 0.25) is 0 Å². The zero-order chi connectivity index (χ0) is 7.44. The fraction of sp³-hybridized carbons (Fsp3) is 0.833. The van der Waals surface area contributed by atoms with Crippen molar-refractivity contribution in [1.29, 1.82) is 0 Å². The molecule has 0 heterocycles. The Morgan fingerprint density at radius 2 is 2.00 bits per heavy atom. The van der Waals surface area contributed by atoms with E-state index in [0.717, 1.165) is 0 Å². The van der Waals surface area contributed by atoms with Crippen LogP contribution in [0.5, 0.6) is 0 Å². The monoisotopic (exact) mass is 149 g/mol. The van der Waals surface area contributed by atoms with Crippen LogP contribution in [0.2, 0.25) is 0 Å². The molecule has 1 unspecified atom stereocenters. The van der Waals surface area contributed by atoms with Gasteiger partial charge < -0.3 is 5.21 Å². The van der Waals surface area contributed by atoms with Crippen molar-refractivity contribution in [3.8, 4) is 0 Å². The number of halogens is 1. The molecule has 0 radical (unpaired) electrons. The summed E-state index contributed by atoms with van der Waals surface area (Å²) in [7, 11) is 0. The molecule has 1 N–H and O–H groups in total. The zero-order valence-corrected chi connectivity index (χ0v) is 6.68. The van der Waals surface area contributed by atoms with Crippen molar-refractivity contribution in [2.45, 2.75) is 26.1 Å². The van der Waals surface area contributed by atoms with Gasteiger partial charge in [0, 0.05) is 0 Å². The summed E-state index contributed by atoms with van der Waals surface area (Å²) in [6, 6.07) is 0. The third-order valence-electron chi connectivity index (χ3n) is 1.14. The summed E-state index contributed by atoms with van der Waals surface area (Å²) in [6.45, 7) is 5.66. The van der Waals surface area contributed by atoms with Crippen LogP contribution in [-0.2, 0) is 0 Å². The Morgan fingerprint density at radius 1 is 1.56 bits per heavy atom. The van der Waals surface area contributed by atoms with Gasteiger partial charge in [-0.3, -0.25) is 0 Å². The first kappa shape index (κ1) is 8.76. The van der Waals surface area contributed by atoms with Crippen LogP contribution >= 0.6 is 11.6 Å². The molecule has 0 aliphatic rings. The molecular formula is C6H12ClNO. The molecule has 0 spiro atoms. The van der Waals surface area contributed by atoms with Gasteiger partial charge in [-0.2, -0.15) is 0 Å². The Morgan fingerprint density at radius 3 is 2.11 bits per heavy atom. The van der Waals surface area contributed by atoms with Crippen LogP contribution in [0.3, 0.4) is 0 Å². The quantitative estimate of drug-likeness (QED) is 0.277. The van der Waals surface area contributed by atoms with Crippen molar-refractivity contribution < 1.29 is 5.21 Å². The van der Waals surface area contributed by atoms with E-state index in [-0.39, 0.29) is 5.38 Å². The van der Waals surface area contributed by atoms with Gasteiger partial charge in [-0.15, -0.1) is 11.6 Å². The Hall–Kier alpha value is -0.240. The molecule has 0 saturated heterocycles. The predicted molar refractivity (Wildman–Crippen MR) is 39.4 cm³/mol. The highest BCUT2D eigenvalue weighted by Crippen LogP contribution is 2.10. The number of rotatable bonds is 2. The van der Waals surface area contributed by atoms with Crippen molar-refractivity contribution in [3.05, 3.63) is 0 Å². The third kappa shape index (κ3) is 2.70. The highest BCUT2D eigenvalue weighted by Gasteiger charge is 2.12. The molecule has 0 fully saturated rings. The molecule has 0 aliphatic carbocycles. The van der Waals surface area contributed by atoms with E-state index in [2.05, 4.69) is 5.16 Å². The number of alkyl halides is 1. The zero-order valence-electron chi connectivity index (χ0n) is 5.93. The average molecular weight is 150 g/mol. The number of nitrogens with zero attached hydrogens (tertiary/aromatic N) is 1. The van der Waals surface area contributed by atoms with Crippen LogP contribution in [0.15, 0.2) is 5.16 Å². The Balaban J connectivity index is 3.88. The molecule has 0 bridgehead atoms. The van der Waals surface area contributed by atoms with Crippen LogP contribution in [0.25, 0.3) is 0 Å². The summed E-state index contributed by atoms with van der Waals surface area (Å²) < 4.78 is 0. The highest BCUT2D eigenvalue weighted by molar-refractivity contribution is 6.31. The maximum atomic E-state index is 8.26. The van der Waals surface area contributed by atoms with Gasteiger partial charge in [0.25, 0.3) is 0 Å². The van der Waals surface area contributed by atoms with E-state index in [4.69, 9.17) is 16.8 Å². The maximum Gasteiger partial charge on any atom is 0.0771 e. The lowest BCUT2D eigenvalue weighted by atomic mass is 10.1. The minimum absolute atomic E-state index is 0.144. The molecule has 0 saturated carbocycles. The molecule has 0 aromatic rings. The summed E-state index contributed by atoms with van der Waals surface area (Å²) in [5.41, 5.74) is 0.576. The van der Waals surface area contributed by atoms with E-state index >= 15 is 0 Å². The second-order valence-electron chi connectivity index (χ2n) is 2.39. The summed E-state index contributed by atoms with van der Waals surface area (Å²) in [4.78, 5) is 0. The first-order chi connectivity index (χ1) is 4.09. The topological polar surface area (TPSA) is 32.6 Å². The van der Waals surface area contributed by atoms with E-state index in [9.17, 15) is 0 Å². The maximum absolute atomic E-state index is 8.26. The molecule has 0 aromatic heterocycles. The van der Waals surface area contributed by atoms with Gasteiger partial charge in [-0.25, -0.2) is 0 Å². The van der Waals surface area contributed by atoms with Crippen molar-refractivity contribution in [2.24, 2.45) is 11.1 Å². The van der Waals surface area contributed by atoms with Crippen molar-refractivity contribution in [3.63, 3.8) is 0 Å². The van der Waals surface area contributed by atoms with E-state index in [1.165, 1.54) is 0 Å². The standard InChI is InChI=1S/C6H12ClNO/c1-4(2)6(7)5(3)8-9/h4,6,9H,1-3H3. The molecule has 0 amide bonds. The van der Waals surface area contributed by atoms with Gasteiger partial charge in [0.15, 0.2) is 0 Å². The van der Waals surface area contributed by atoms with Crippen molar-refractivity contribution in [2.75, 3.05) is 0 Å². The molecule has 3 heteroatoms. The molecule has 0 aliphatic heterocycles. The van der Waals surface area contributed by atoms with Crippen LogP contribution in [0.1, 0.15) is 20.8 Å². The first-order valence-corrected chi connectivity index (χ1v) is 3.35. The van der Waals surface area contributed by atoms with E-state index in [1.807, 2.05) is 13.8 Å². The van der Waals surface area contributed by atoms with Crippen LogP contribution in [0, 0.1) is 5.92 Å². The molecule has 0 rings (SSSR count). The van der Waals surface area contributed by atoms with Crippen molar-refractivity contribution >= 4 is 17.3 Å². The SMILES string of the molecule is CC(=NO)C(Cl)C(C)C.